The van der Waals surface area contributed by atoms with Crippen molar-refractivity contribution in [3.05, 3.63) is 83.9 Å². The first-order valence-corrected chi connectivity index (χ1v) is 15.2. The normalized spacial score (nSPS) is 23.7. The summed E-state index contributed by atoms with van der Waals surface area (Å²) < 4.78 is 1.85. The molecule has 0 bridgehead atoms. The minimum absolute atomic E-state index is 0.0481. The summed E-state index contributed by atoms with van der Waals surface area (Å²) in [6, 6.07) is 19.8. The Hall–Kier alpha value is -4.46. The van der Waals surface area contributed by atoms with E-state index < -0.39 is 24.3 Å². The summed E-state index contributed by atoms with van der Waals surface area (Å²) >= 11 is 0. The summed E-state index contributed by atoms with van der Waals surface area (Å²) in [6.45, 7) is 3.93. The van der Waals surface area contributed by atoms with E-state index in [9.17, 15) is 10.2 Å². The lowest BCUT2D eigenvalue weighted by Crippen LogP contribution is -2.31. The second kappa shape index (κ2) is 11.9. The van der Waals surface area contributed by atoms with Gasteiger partial charge in [0.05, 0.1) is 12.4 Å². The van der Waals surface area contributed by atoms with Gasteiger partial charge >= 0.3 is 0 Å². The van der Waals surface area contributed by atoms with Crippen LogP contribution in [0.3, 0.4) is 0 Å². The highest BCUT2D eigenvalue weighted by atomic mass is 16.3. The number of fused-ring (bicyclic) bond motifs is 1. The van der Waals surface area contributed by atoms with Gasteiger partial charge in [0.15, 0.2) is 22.8 Å². The van der Waals surface area contributed by atoms with Gasteiger partial charge in [0.2, 0.25) is 5.95 Å². The average Bonchev–Trinajstić information content (AvgIpc) is 3.86. The molecule has 13 heteroatoms. The molecule has 1 saturated carbocycles. The molecular weight excluding hydrogens is 558 g/mol. The summed E-state index contributed by atoms with van der Waals surface area (Å²) in [5, 5.41) is 38.4. The van der Waals surface area contributed by atoms with Gasteiger partial charge in [-0.15, -0.1) is 10.2 Å². The van der Waals surface area contributed by atoms with E-state index in [1.165, 1.54) is 15.9 Å². The van der Waals surface area contributed by atoms with Crippen molar-refractivity contribution in [2.45, 2.75) is 62.4 Å². The van der Waals surface area contributed by atoms with Crippen molar-refractivity contribution < 1.29 is 10.2 Å². The number of aromatic nitrogens is 8. The van der Waals surface area contributed by atoms with Crippen molar-refractivity contribution in [3.63, 3.8) is 0 Å². The van der Waals surface area contributed by atoms with Gasteiger partial charge in [0, 0.05) is 38.0 Å². The maximum absolute atomic E-state index is 11.2. The molecule has 5 aromatic rings. The smallest absolute Gasteiger partial charge is 0.229 e. The summed E-state index contributed by atoms with van der Waals surface area (Å²) in [4.78, 5) is 18.1. The van der Waals surface area contributed by atoms with Crippen LogP contribution in [0.5, 0.6) is 0 Å². The Kier molecular flexibility index (Phi) is 7.66. The Morgan fingerprint density at radius 2 is 1.68 bits per heavy atom. The maximum Gasteiger partial charge on any atom is 0.229 e. The topological polar surface area (TPSA) is 169 Å². The van der Waals surface area contributed by atoms with Gasteiger partial charge in [0.1, 0.15) is 18.2 Å². The van der Waals surface area contributed by atoms with Crippen molar-refractivity contribution >= 4 is 22.9 Å². The van der Waals surface area contributed by atoms with E-state index in [1.807, 2.05) is 23.6 Å². The number of hydrogen-bond donors (Lipinski definition) is 4. The van der Waals surface area contributed by atoms with Crippen LogP contribution in [0.4, 0.5) is 11.8 Å². The molecule has 5 N–H and O–H groups in total. The minimum Gasteiger partial charge on any atom is -0.388 e. The number of anilines is 2. The van der Waals surface area contributed by atoms with E-state index in [4.69, 9.17) is 20.7 Å². The van der Waals surface area contributed by atoms with Gasteiger partial charge in [0.25, 0.3) is 0 Å². The van der Waals surface area contributed by atoms with E-state index >= 15 is 0 Å². The highest BCUT2D eigenvalue weighted by Gasteiger charge is 2.45. The molecule has 3 aromatic heterocycles. The number of imidazole rings is 1. The van der Waals surface area contributed by atoms with Gasteiger partial charge in [-0.3, -0.25) is 0 Å². The zero-order valence-electron chi connectivity index (χ0n) is 24.6. The second-order valence-electron chi connectivity index (χ2n) is 11.7. The molecule has 0 spiro atoms. The van der Waals surface area contributed by atoms with E-state index in [1.54, 1.807) is 6.33 Å². The molecule has 2 aliphatic rings. The van der Waals surface area contributed by atoms with Crippen LogP contribution in [-0.4, -0.2) is 87.8 Å². The molecule has 7 rings (SSSR count). The number of aliphatic hydroxyl groups is 2. The van der Waals surface area contributed by atoms with Crippen molar-refractivity contribution in [3.8, 4) is 0 Å². The molecule has 0 radical (unpaired) electrons. The highest BCUT2D eigenvalue weighted by molar-refractivity contribution is 5.84. The molecule has 5 atom stereocenters. The van der Waals surface area contributed by atoms with E-state index in [2.05, 4.69) is 74.2 Å². The predicted molar refractivity (Wildman–Crippen MR) is 165 cm³/mol. The van der Waals surface area contributed by atoms with Crippen LogP contribution >= 0.6 is 0 Å². The monoisotopic (exact) mass is 595 g/mol. The first-order valence-electron chi connectivity index (χ1n) is 15.2. The van der Waals surface area contributed by atoms with Crippen LogP contribution < -0.4 is 16.0 Å². The summed E-state index contributed by atoms with van der Waals surface area (Å²) in [5.41, 5.74) is 9.80. The lowest BCUT2D eigenvalue weighted by Gasteiger charge is -2.22. The van der Waals surface area contributed by atoms with Gasteiger partial charge < -0.3 is 30.7 Å². The van der Waals surface area contributed by atoms with Crippen LogP contribution in [0.25, 0.3) is 11.2 Å². The molecule has 0 amide bonds. The Labute approximate surface area is 254 Å². The molecule has 13 nitrogen and oxygen atoms in total. The van der Waals surface area contributed by atoms with Crippen LogP contribution in [-0.2, 0) is 6.42 Å². The summed E-state index contributed by atoms with van der Waals surface area (Å²) in [6.07, 6.45) is 1.38. The number of nitrogens with one attached hydrogen (secondary N) is 1. The van der Waals surface area contributed by atoms with Gasteiger partial charge in [-0.25, -0.2) is 4.98 Å². The second-order valence-corrected chi connectivity index (χ2v) is 11.7. The average molecular weight is 596 g/mol. The maximum atomic E-state index is 11.2. The minimum atomic E-state index is -1.08. The Bertz CT molecular complexity index is 1670. The fourth-order valence-electron chi connectivity index (χ4n) is 6.41. The number of aliphatic hydroxyl groups excluding tert-OH is 2. The Morgan fingerprint density at radius 3 is 2.32 bits per heavy atom. The number of nitrogens with zero attached hydrogens (tertiary/aromatic N) is 9. The van der Waals surface area contributed by atoms with E-state index in [-0.39, 0.29) is 12.0 Å². The SMILES string of the molecule is CCc1nnn([C@H]2CC(n3cnc4c(NCC(c5ccccc5)c5ccccc5)nc(N5CC[C@@H](N)C5)nc43)C(O)[C@@H]2O)n1. The molecule has 1 saturated heterocycles. The molecule has 2 fully saturated rings. The molecule has 1 aliphatic carbocycles. The van der Waals surface area contributed by atoms with Crippen LogP contribution in [0.1, 0.15) is 54.7 Å². The molecular formula is C31H37N11O2. The fraction of sp³-hybridized carbons (Fsp3) is 0.419. The van der Waals surface area contributed by atoms with Crippen LogP contribution in [0.2, 0.25) is 0 Å². The number of hydrogen-bond acceptors (Lipinski definition) is 11. The summed E-state index contributed by atoms with van der Waals surface area (Å²) in [7, 11) is 0. The third-order valence-corrected chi connectivity index (χ3v) is 8.86. The number of benzene rings is 2. The quantitative estimate of drug-likeness (QED) is 0.197. The zero-order chi connectivity index (χ0) is 30.2. The lowest BCUT2D eigenvalue weighted by atomic mass is 9.91. The first-order chi connectivity index (χ1) is 21.5. The molecule has 2 unspecified atom stereocenters. The molecule has 1 aliphatic heterocycles. The largest absolute Gasteiger partial charge is 0.388 e. The third-order valence-electron chi connectivity index (χ3n) is 8.86. The standard InChI is InChI=1S/C31H37N11O2/c1-2-25-37-39-42(38-25)24-15-23(27(43)28(24)44)41-18-34-26-29(35-31(36-30(26)41)40-14-13-21(32)17-40)33-16-22(19-9-5-3-6-10-19)20-11-7-4-8-12-20/h3-12,18,21-24,27-28,43-44H,2,13-17,32H2,1H3,(H,33,35,36)/t21-,23?,24+,27?,28-/m1/s1. The van der Waals surface area contributed by atoms with Gasteiger partial charge in [-0.05, 0) is 29.2 Å². The summed E-state index contributed by atoms with van der Waals surface area (Å²) in [5.74, 6) is 1.82. The van der Waals surface area contributed by atoms with Gasteiger partial charge in [-0.2, -0.15) is 14.8 Å². The van der Waals surface area contributed by atoms with Crippen molar-refractivity contribution in [2.75, 3.05) is 29.9 Å². The molecule has 44 heavy (non-hydrogen) atoms. The highest BCUT2D eigenvalue weighted by Crippen LogP contribution is 2.40. The fourth-order valence-corrected chi connectivity index (χ4v) is 6.41. The molecule has 2 aromatic carbocycles. The van der Waals surface area contributed by atoms with Crippen LogP contribution in [0, 0.1) is 0 Å². The van der Waals surface area contributed by atoms with Crippen molar-refractivity contribution in [1.29, 1.82) is 0 Å². The number of rotatable bonds is 9. The van der Waals surface area contributed by atoms with Crippen molar-refractivity contribution in [1.82, 2.24) is 39.7 Å². The Balaban J connectivity index is 1.25. The van der Waals surface area contributed by atoms with Crippen LogP contribution in [0.15, 0.2) is 67.0 Å². The molecule has 4 heterocycles. The van der Waals surface area contributed by atoms with E-state index in [0.717, 1.165) is 13.0 Å². The van der Waals surface area contributed by atoms with Crippen molar-refractivity contribution in [2.24, 2.45) is 5.73 Å². The Morgan fingerprint density at radius 1 is 0.977 bits per heavy atom. The van der Waals surface area contributed by atoms with Gasteiger partial charge in [-0.1, -0.05) is 67.6 Å². The van der Waals surface area contributed by atoms with E-state index in [0.29, 0.717) is 54.7 Å². The third kappa shape index (κ3) is 5.27. The molecule has 228 valence electrons. The lowest BCUT2D eigenvalue weighted by molar-refractivity contribution is 0.00473. The number of aryl methyl sites for hydroxylation is 1. The first kappa shape index (κ1) is 28.3. The number of tetrazole rings is 1. The zero-order valence-corrected chi connectivity index (χ0v) is 24.6. The number of nitrogens with two attached hydrogens (primary N) is 1. The predicted octanol–water partition coefficient (Wildman–Crippen LogP) is 2.06.